The molecule has 0 spiro atoms. The minimum atomic E-state index is 0.147. The predicted octanol–water partition coefficient (Wildman–Crippen LogP) is 1.51. The average Bonchev–Trinajstić information content (AvgIpc) is 2.45. The van der Waals surface area contributed by atoms with Crippen molar-refractivity contribution in [2.45, 2.75) is 30.6 Å². The maximum atomic E-state index is 5.65. The van der Waals surface area contributed by atoms with Gasteiger partial charge in [0.2, 0.25) is 0 Å². The SMILES string of the molecule is CNCCC1(OC)CCSC1C. The van der Waals surface area contributed by atoms with Crippen molar-refractivity contribution in [3.63, 3.8) is 0 Å². The molecular formula is C9H19NOS. The Labute approximate surface area is 79.4 Å². The fourth-order valence-corrected chi connectivity index (χ4v) is 3.25. The summed E-state index contributed by atoms with van der Waals surface area (Å²) >= 11 is 2.03. The first kappa shape index (κ1) is 10.4. The topological polar surface area (TPSA) is 21.3 Å². The lowest BCUT2D eigenvalue weighted by Gasteiger charge is -2.31. The van der Waals surface area contributed by atoms with Crippen LogP contribution in [0.5, 0.6) is 0 Å². The molecule has 0 saturated carbocycles. The Hall–Kier alpha value is 0.270. The van der Waals surface area contributed by atoms with Crippen molar-refractivity contribution in [1.82, 2.24) is 5.32 Å². The molecule has 0 aliphatic carbocycles. The Kier molecular flexibility index (Phi) is 3.87. The normalized spacial score (nSPS) is 35.8. The summed E-state index contributed by atoms with van der Waals surface area (Å²) in [7, 11) is 3.84. The van der Waals surface area contributed by atoms with Crippen molar-refractivity contribution in [1.29, 1.82) is 0 Å². The standard InChI is InChI=1S/C9H19NOS/c1-8-9(11-3,4-6-10-2)5-7-12-8/h8,10H,4-7H2,1-3H3. The molecule has 0 radical (unpaired) electrons. The Morgan fingerprint density at radius 2 is 2.42 bits per heavy atom. The lowest BCUT2D eigenvalue weighted by molar-refractivity contribution is -0.0115. The van der Waals surface area contributed by atoms with E-state index < -0.39 is 0 Å². The van der Waals surface area contributed by atoms with Gasteiger partial charge in [-0.1, -0.05) is 6.92 Å². The van der Waals surface area contributed by atoms with Crippen molar-refractivity contribution in [3.05, 3.63) is 0 Å². The smallest absolute Gasteiger partial charge is 0.0814 e. The van der Waals surface area contributed by atoms with Gasteiger partial charge in [0.05, 0.1) is 5.60 Å². The summed E-state index contributed by atoms with van der Waals surface area (Å²) in [5.74, 6) is 1.25. The minimum absolute atomic E-state index is 0.147. The molecule has 1 rings (SSSR count). The van der Waals surface area contributed by atoms with Crippen LogP contribution in [-0.2, 0) is 4.74 Å². The van der Waals surface area contributed by atoms with Crippen LogP contribution in [-0.4, -0.2) is 37.3 Å². The van der Waals surface area contributed by atoms with Gasteiger partial charge < -0.3 is 10.1 Å². The zero-order valence-corrected chi connectivity index (χ0v) is 9.04. The first-order valence-electron chi connectivity index (χ1n) is 4.56. The van der Waals surface area contributed by atoms with Crippen molar-refractivity contribution in [2.75, 3.05) is 26.5 Å². The first-order valence-corrected chi connectivity index (χ1v) is 5.61. The van der Waals surface area contributed by atoms with E-state index in [9.17, 15) is 0 Å². The third kappa shape index (κ3) is 1.95. The fourth-order valence-electron chi connectivity index (χ4n) is 1.80. The molecule has 1 fully saturated rings. The van der Waals surface area contributed by atoms with E-state index in [0.29, 0.717) is 5.25 Å². The van der Waals surface area contributed by atoms with Crippen LogP contribution >= 0.6 is 11.8 Å². The van der Waals surface area contributed by atoms with Crippen LogP contribution in [0.3, 0.4) is 0 Å². The number of ether oxygens (including phenoxy) is 1. The molecule has 1 aliphatic rings. The zero-order chi connectivity index (χ0) is 9.03. The van der Waals surface area contributed by atoms with Crippen molar-refractivity contribution >= 4 is 11.8 Å². The van der Waals surface area contributed by atoms with Gasteiger partial charge in [-0.15, -0.1) is 0 Å². The van der Waals surface area contributed by atoms with Crippen LogP contribution in [0.4, 0.5) is 0 Å². The van der Waals surface area contributed by atoms with Gasteiger partial charge in [0.15, 0.2) is 0 Å². The lowest BCUT2D eigenvalue weighted by atomic mass is 9.93. The molecule has 0 aromatic heterocycles. The Morgan fingerprint density at radius 3 is 2.83 bits per heavy atom. The fraction of sp³-hybridized carbons (Fsp3) is 1.00. The third-order valence-electron chi connectivity index (χ3n) is 2.84. The summed E-state index contributed by atoms with van der Waals surface area (Å²) in [5.41, 5.74) is 0.147. The molecule has 0 aromatic rings. The van der Waals surface area contributed by atoms with E-state index in [4.69, 9.17) is 4.74 Å². The van der Waals surface area contributed by atoms with E-state index in [0.717, 1.165) is 13.0 Å². The van der Waals surface area contributed by atoms with Gasteiger partial charge in [0, 0.05) is 12.4 Å². The number of nitrogens with one attached hydrogen (secondary N) is 1. The molecule has 0 amide bonds. The summed E-state index contributed by atoms with van der Waals surface area (Å²) in [6, 6.07) is 0. The molecule has 2 unspecified atom stereocenters. The van der Waals surface area contributed by atoms with Gasteiger partial charge in [-0.3, -0.25) is 0 Å². The highest BCUT2D eigenvalue weighted by Crippen LogP contribution is 2.40. The summed E-state index contributed by atoms with van der Waals surface area (Å²) in [4.78, 5) is 0. The number of rotatable bonds is 4. The maximum Gasteiger partial charge on any atom is 0.0814 e. The van der Waals surface area contributed by atoms with Gasteiger partial charge in [-0.25, -0.2) is 0 Å². The third-order valence-corrected chi connectivity index (χ3v) is 4.21. The van der Waals surface area contributed by atoms with Crippen LogP contribution in [0.25, 0.3) is 0 Å². The van der Waals surface area contributed by atoms with Gasteiger partial charge in [0.1, 0.15) is 0 Å². The summed E-state index contributed by atoms with van der Waals surface area (Å²) in [6.07, 6.45) is 2.34. The monoisotopic (exact) mass is 189 g/mol. The van der Waals surface area contributed by atoms with E-state index in [1.807, 2.05) is 25.9 Å². The van der Waals surface area contributed by atoms with Crippen LogP contribution < -0.4 is 5.32 Å². The summed E-state index contributed by atoms with van der Waals surface area (Å²) in [5, 5.41) is 3.83. The highest BCUT2D eigenvalue weighted by Gasteiger charge is 2.40. The quantitative estimate of drug-likeness (QED) is 0.724. The van der Waals surface area contributed by atoms with Crippen molar-refractivity contribution < 1.29 is 4.74 Å². The average molecular weight is 189 g/mol. The van der Waals surface area contributed by atoms with Crippen LogP contribution in [0.1, 0.15) is 19.8 Å². The van der Waals surface area contributed by atoms with E-state index in [1.165, 1.54) is 12.2 Å². The van der Waals surface area contributed by atoms with Crippen molar-refractivity contribution in [3.8, 4) is 0 Å². The highest BCUT2D eigenvalue weighted by atomic mass is 32.2. The molecule has 1 N–H and O–H groups in total. The number of hydrogen-bond acceptors (Lipinski definition) is 3. The van der Waals surface area contributed by atoms with Crippen molar-refractivity contribution in [2.24, 2.45) is 0 Å². The lowest BCUT2D eigenvalue weighted by Crippen LogP contribution is -2.39. The molecule has 2 atom stereocenters. The second kappa shape index (κ2) is 4.49. The van der Waals surface area contributed by atoms with Crippen LogP contribution in [0.15, 0.2) is 0 Å². The van der Waals surface area contributed by atoms with Gasteiger partial charge >= 0.3 is 0 Å². The molecule has 2 nitrogen and oxygen atoms in total. The summed E-state index contributed by atoms with van der Waals surface area (Å²) in [6.45, 7) is 3.33. The molecule has 1 saturated heterocycles. The Bertz CT molecular complexity index is 142. The zero-order valence-electron chi connectivity index (χ0n) is 8.22. The second-order valence-electron chi connectivity index (χ2n) is 3.39. The largest absolute Gasteiger partial charge is 0.377 e. The predicted molar refractivity (Wildman–Crippen MR) is 54.8 cm³/mol. The Balaban J connectivity index is 2.49. The molecule has 0 aromatic carbocycles. The number of methoxy groups -OCH3 is 1. The number of hydrogen-bond donors (Lipinski definition) is 1. The molecule has 3 heteroatoms. The maximum absolute atomic E-state index is 5.65. The van der Waals surface area contributed by atoms with E-state index >= 15 is 0 Å². The molecule has 12 heavy (non-hydrogen) atoms. The first-order chi connectivity index (χ1) is 5.75. The van der Waals surface area contributed by atoms with Gasteiger partial charge in [0.25, 0.3) is 0 Å². The van der Waals surface area contributed by atoms with E-state index in [-0.39, 0.29) is 5.60 Å². The molecule has 1 aliphatic heterocycles. The molecule has 0 bridgehead atoms. The molecular weight excluding hydrogens is 170 g/mol. The van der Waals surface area contributed by atoms with Crippen LogP contribution in [0, 0.1) is 0 Å². The van der Waals surface area contributed by atoms with E-state index in [2.05, 4.69) is 12.2 Å². The second-order valence-corrected chi connectivity index (χ2v) is 4.83. The number of thioether (sulfide) groups is 1. The molecule has 1 heterocycles. The van der Waals surface area contributed by atoms with E-state index in [1.54, 1.807) is 0 Å². The van der Waals surface area contributed by atoms with Gasteiger partial charge in [-0.2, -0.15) is 11.8 Å². The summed E-state index contributed by atoms with van der Waals surface area (Å²) < 4.78 is 5.65. The molecule has 72 valence electrons. The highest BCUT2D eigenvalue weighted by molar-refractivity contribution is 8.00. The Morgan fingerprint density at radius 1 is 1.67 bits per heavy atom. The van der Waals surface area contributed by atoms with Crippen LogP contribution in [0.2, 0.25) is 0 Å². The van der Waals surface area contributed by atoms with Gasteiger partial charge in [-0.05, 0) is 32.2 Å². The minimum Gasteiger partial charge on any atom is -0.377 e.